The molecule has 0 spiro atoms. The third-order valence-corrected chi connectivity index (χ3v) is 2.37. The van der Waals surface area contributed by atoms with E-state index >= 15 is 0 Å². The summed E-state index contributed by atoms with van der Waals surface area (Å²) in [5.41, 5.74) is 0. The smallest absolute Gasteiger partial charge is 0.199 e. The summed E-state index contributed by atoms with van der Waals surface area (Å²) >= 11 is 0. The zero-order valence-electron chi connectivity index (χ0n) is 10.0. The number of aliphatic hydroxyl groups excluding tert-OH is 2. The fraction of sp³-hybridized carbons (Fsp3) is 0.909. The Labute approximate surface area is 92.2 Å². The van der Waals surface area contributed by atoms with Gasteiger partial charge in [0.15, 0.2) is 12.3 Å². The van der Waals surface area contributed by atoms with Crippen LogP contribution in [0.3, 0.4) is 0 Å². The summed E-state index contributed by atoms with van der Waals surface area (Å²) in [7, 11) is 1.63. The highest BCUT2D eigenvalue weighted by molar-refractivity contribution is 5.51. The van der Waals surface area contributed by atoms with E-state index in [0.717, 1.165) is 12.8 Å². The molecule has 0 aliphatic carbocycles. The molecule has 0 amide bonds. The van der Waals surface area contributed by atoms with Crippen LogP contribution in [-0.2, 0) is 4.84 Å². The van der Waals surface area contributed by atoms with Crippen molar-refractivity contribution in [3.8, 4) is 0 Å². The molecule has 0 aromatic carbocycles. The Bertz CT molecular complexity index is 183. The molecule has 15 heavy (non-hydrogen) atoms. The highest BCUT2D eigenvalue weighted by Crippen LogP contribution is 2.02. The van der Waals surface area contributed by atoms with Crippen LogP contribution in [0.15, 0.2) is 0 Å². The summed E-state index contributed by atoms with van der Waals surface area (Å²) in [5, 5.41) is 18.1. The van der Waals surface area contributed by atoms with Crippen LogP contribution in [0.4, 0.5) is 0 Å². The van der Waals surface area contributed by atoms with Crippen molar-refractivity contribution in [1.29, 1.82) is 0 Å². The lowest BCUT2D eigenvalue weighted by atomic mass is 10.2. The van der Waals surface area contributed by atoms with E-state index in [4.69, 9.17) is 9.94 Å². The topological polar surface area (TPSA) is 52.7 Å². The van der Waals surface area contributed by atoms with E-state index < -0.39 is 6.10 Å². The minimum absolute atomic E-state index is 0.0203. The van der Waals surface area contributed by atoms with E-state index in [1.165, 1.54) is 0 Å². The van der Waals surface area contributed by atoms with Gasteiger partial charge < -0.3 is 10.2 Å². The lowest BCUT2D eigenvalue weighted by molar-refractivity contribution is -0.800. The largest absolute Gasteiger partial charge is 0.396 e. The minimum atomic E-state index is -0.485. The molecule has 0 aromatic rings. The second-order valence-electron chi connectivity index (χ2n) is 3.76. The summed E-state index contributed by atoms with van der Waals surface area (Å²) in [6.07, 6.45) is 4.45. The molecule has 90 valence electrons. The van der Waals surface area contributed by atoms with Crippen molar-refractivity contribution in [2.45, 2.75) is 51.7 Å². The van der Waals surface area contributed by atoms with Gasteiger partial charge >= 0.3 is 0 Å². The number of hydrogen-bond acceptors (Lipinski definition) is 3. The highest BCUT2D eigenvalue weighted by Gasteiger charge is 2.15. The number of hydrogen-bond donors (Lipinski definition) is 2. The van der Waals surface area contributed by atoms with Gasteiger partial charge in [-0.15, -0.1) is 0 Å². The molecule has 0 saturated carbocycles. The molecule has 0 aromatic heterocycles. The lowest BCUT2D eigenvalue weighted by Crippen LogP contribution is -2.25. The van der Waals surface area contributed by atoms with Gasteiger partial charge in [-0.1, -0.05) is 6.92 Å². The average molecular weight is 218 g/mol. The third kappa shape index (κ3) is 6.47. The normalized spacial score (nSPS) is 16.2. The minimum Gasteiger partial charge on any atom is -0.396 e. The maximum Gasteiger partial charge on any atom is 0.199 e. The predicted octanol–water partition coefficient (Wildman–Crippen LogP) is 0.953. The standard InChI is InChI=1S/C11H24NO3/c1-4-5-10(2)12(15-3)8-6-11(14)7-9-13/h8,10-11,13-14H,4-7,9H2,1-3H3/q+1/b12-8-. The van der Waals surface area contributed by atoms with Crippen molar-refractivity contribution < 1.29 is 19.8 Å². The number of aliphatic hydroxyl groups is 2. The van der Waals surface area contributed by atoms with E-state index in [0.29, 0.717) is 18.9 Å². The third-order valence-electron chi connectivity index (χ3n) is 2.37. The summed E-state index contributed by atoms with van der Waals surface area (Å²) in [6, 6.07) is 0.321. The van der Waals surface area contributed by atoms with Gasteiger partial charge in [-0.2, -0.15) is 0 Å². The molecule has 0 heterocycles. The van der Waals surface area contributed by atoms with E-state index in [2.05, 4.69) is 13.8 Å². The molecule has 0 radical (unpaired) electrons. The number of rotatable bonds is 8. The quantitative estimate of drug-likeness (QED) is 0.362. The second-order valence-corrected chi connectivity index (χ2v) is 3.76. The summed E-state index contributed by atoms with van der Waals surface area (Å²) < 4.78 is 1.77. The van der Waals surface area contributed by atoms with Crippen LogP contribution in [0, 0.1) is 0 Å². The summed E-state index contributed by atoms with van der Waals surface area (Å²) in [4.78, 5) is 5.20. The zero-order chi connectivity index (χ0) is 11.7. The first-order valence-electron chi connectivity index (χ1n) is 5.60. The molecule has 2 atom stereocenters. The van der Waals surface area contributed by atoms with E-state index in [-0.39, 0.29) is 6.61 Å². The first-order chi connectivity index (χ1) is 7.15. The molecule has 0 aliphatic heterocycles. The fourth-order valence-corrected chi connectivity index (χ4v) is 1.47. The molecule has 0 rings (SSSR count). The predicted molar refractivity (Wildman–Crippen MR) is 60.0 cm³/mol. The van der Waals surface area contributed by atoms with Gasteiger partial charge in [0.25, 0.3) is 0 Å². The van der Waals surface area contributed by atoms with Crippen molar-refractivity contribution in [3.63, 3.8) is 0 Å². The molecule has 0 fully saturated rings. The Morgan fingerprint density at radius 3 is 2.53 bits per heavy atom. The van der Waals surface area contributed by atoms with Gasteiger partial charge in [-0.05, 0) is 17.6 Å². The molecule has 4 heteroatoms. The van der Waals surface area contributed by atoms with Crippen molar-refractivity contribution in [3.05, 3.63) is 0 Å². The molecule has 2 N–H and O–H groups in total. The van der Waals surface area contributed by atoms with Gasteiger partial charge in [0, 0.05) is 20.0 Å². The second kappa shape index (κ2) is 8.68. The van der Waals surface area contributed by atoms with Gasteiger partial charge in [-0.3, -0.25) is 4.84 Å². The molecule has 4 nitrogen and oxygen atoms in total. The van der Waals surface area contributed by atoms with Crippen LogP contribution < -0.4 is 0 Å². The van der Waals surface area contributed by atoms with Crippen LogP contribution in [0.1, 0.15) is 39.5 Å². The molecule has 2 unspecified atom stereocenters. The van der Waals surface area contributed by atoms with Crippen molar-refractivity contribution in [2.24, 2.45) is 0 Å². The van der Waals surface area contributed by atoms with E-state index in [1.807, 2.05) is 6.21 Å². The van der Waals surface area contributed by atoms with Gasteiger partial charge in [-0.25, -0.2) is 0 Å². The molecular formula is C11H24NO3+. The number of hydroxylamine groups is 1. The van der Waals surface area contributed by atoms with Crippen molar-refractivity contribution >= 4 is 6.21 Å². The van der Waals surface area contributed by atoms with Crippen LogP contribution in [0.25, 0.3) is 0 Å². The van der Waals surface area contributed by atoms with Crippen LogP contribution >= 0.6 is 0 Å². The van der Waals surface area contributed by atoms with Crippen molar-refractivity contribution in [1.82, 2.24) is 0 Å². The highest BCUT2D eigenvalue weighted by atomic mass is 16.7. The Kier molecular flexibility index (Phi) is 8.33. The lowest BCUT2D eigenvalue weighted by Gasteiger charge is -2.08. The summed E-state index contributed by atoms with van der Waals surface area (Å²) in [5.74, 6) is 0. The maximum atomic E-state index is 9.43. The Morgan fingerprint density at radius 1 is 1.40 bits per heavy atom. The van der Waals surface area contributed by atoms with Crippen molar-refractivity contribution in [2.75, 3.05) is 13.7 Å². The van der Waals surface area contributed by atoms with Gasteiger partial charge in [0.05, 0.1) is 12.5 Å². The Hall–Kier alpha value is -0.610. The molecule has 0 aliphatic rings. The molecule has 0 bridgehead atoms. The van der Waals surface area contributed by atoms with E-state index in [1.54, 1.807) is 11.8 Å². The fourth-order valence-electron chi connectivity index (χ4n) is 1.47. The first-order valence-corrected chi connectivity index (χ1v) is 5.60. The monoisotopic (exact) mass is 218 g/mol. The SMILES string of the molecule is CCCC(C)/[N+](=C/CC(O)CCO)OC. The maximum absolute atomic E-state index is 9.43. The zero-order valence-corrected chi connectivity index (χ0v) is 10.0. The first kappa shape index (κ1) is 14.4. The van der Waals surface area contributed by atoms with Crippen LogP contribution in [0.2, 0.25) is 0 Å². The van der Waals surface area contributed by atoms with Crippen LogP contribution in [0.5, 0.6) is 0 Å². The average Bonchev–Trinajstić information content (AvgIpc) is 2.19. The van der Waals surface area contributed by atoms with Gasteiger partial charge in [0.1, 0.15) is 7.11 Å². The Morgan fingerprint density at radius 2 is 2.07 bits per heavy atom. The number of nitrogens with zero attached hydrogens (tertiary/aromatic N) is 1. The molecular weight excluding hydrogens is 194 g/mol. The summed E-state index contributed by atoms with van der Waals surface area (Å²) in [6.45, 7) is 4.24. The van der Waals surface area contributed by atoms with Gasteiger partial charge in [0.2, 0.25) is 0 Å². The Balaban J connectivity index is 4.08. The molecule has 0 saturated heterocycles. The van der Waals surface area contributed by atoms with E-state index in [9.17, 15) is 5.11 Å². The van der Waals surface area contributed by atoms with Crippen LogP contribution in [-0.4, -0.2) is 47.0 Å².